The molecule has 0 aliphatic heterocycles. The Labute approximate surface area is 230 Å². The monoisotopic (exact) mass is 501 g/mol. The number of hydrogen-bond acceptors (Lipinski definition) is 0. The molecular weight excluding hydrogens is 470 g/mol. The maximum absolute atomic E-state index is 3.36. The highest BCUT2D eigenvalue weighted by Crippen LogP contribution is 2.43. The van der Waals surface area contributed by atoms with Crippen LogP contribution in [0.3, 0.4) is 0 Å². The Morgan fingerprint density at radius 2 is 0.974 bits per heavy atom. The average molecular weight is 502 g/mol. The molecule has 0 atom stereocenters. The first kappa shape index (κ1) is 24.5. The second-order valence-electron chi connectivity index (χ2n) is 9.84. The summed E-state index contributed by atoms with van der Waals surface area (Å²) in [5, 5.41) is 6.41. The minimum absolute atomic E-state index is 1.19. The third kappa shape index (κ3) is 4.32. The molecule has 0 aliphatic carbocycles. The summed E-state index contributed by atoms with van der Waals surface area (Å²) in [6.45, 7) is 7.43. The molecular formula is C38H31N. The van der Waals surface area contributed by atoms with Crippen molar-refractivity contribution in [3.63, 3.8) is 0 Å². The quantitative estimate of drug-likeness (QED) is 0.168. The fourth-order valence-corrected chi connectivity index (χ4v) is 5.77. The average Bonchev–Trinajstić information content (AvgIpc) is 3.32. The Hall–Kier alpha value is -4.88. The molecule has 6 aromatic carbocycles. The number of rotatable bonds is 3. The Morgan fingerprint density at radius 3 is 1.51 bits per heavy atom. The third-order valence-electron chi connectivity index (χ3n) is 7.30. The van der Waals surface area contributed by atoms with Crippen LogP contribution in [0.2, 0.25) is 0 Å². The van der Waals surface area contributed by atoms with Crippen LogP contribution in [-0.2, 0) is 0 Å². The van der Waals surface area contributed by atoms with E-state index < -0.39 is 0 Å². The Balaban J connectivity index is 0.000000883. The van der Waals surface area contributed by atoms with Gasteiger partial charge in [0.25, 0.3) is 0 Å². The predicted octanol–water partition coefficient (Wildman–Crippen LogP) is 10.8. The third-order valence-corrected chi connectivity index (χ3v) is 7.30. The summed E-state index contributed by atoms with van der Waals surface area (Å²) in [5.74, 6) is 0. The molecule has 0 radical (unpaired) electrons. The molecule has 0 saturated heterocycles. The zero-order chi connectivity index (χ0) is 26.8. The normalized spacial score (nSPS) is 10.9. The largest absolute Gasteiger partial charge is 0.314 e. The van der Waals surface area contributed by atoms with Gasteiger partial charge < -0.3 is 4.57 Å². The molecule has 0 bridgehead atoms. The standard InChI is InChI=1S/C35H25N.C3H6/c1-24-23-27-13-5-10-18-33(27)36(24)28-21-19-26(20-22-28)35-31-16-8-6-14-29(31)34(25-11-3-2-4-12-25)30-15-7-9-17-32(30)35;1-3-2/h2-23H,1H3;3H,1H2,2H3. The number of aryl methyl sites for hydroxylation is 1. The zero-order valence-electron chi connectivity index (χ0n) is 22.4. The van der Waals surface area contributed by atoms with Gasteiger partial charge in [0.2, 0.25) is 0 Å². The van der Waals surface area contributed by atoms with Crippen molar-refractivity contribution in [1.29, 1.82) is 0 Å². The van der Waals surface area contributed by atoms with Crippen molar-refractivity contribution in [2.45, 2.75) is 13.8 Å². The molecule has 7 rings (SSSR count). The van der Waals surface area contributed by atoms with Crippen molar-refractivity contribution in [2.24, 2.45) is 0 Å². The summed E-state index contributed by atoms with van der Waals surface area (Å²) < 4.78 is 2.34. The number of hydrogen-bond donors (Lipinski definition) is 0. The highest BCUT2D eigenvalue weighted by atomic mass is 15.0. The molecule has 0 spiro atoms. The topological polar surface area (TPSA) is 4.93 Å². The van der Waals surface area contributed by atoms with Gasteiger partial charge in [0.1, 0.15) is 0 Å². The smallest absolute Gasteiger partial charge is 0.0531 e. The lowest BCUT2D eigenvalue weighted by atomic mass is 9.86. The van der Waals surface area contributed by atoms with Crippen molar-refractivity contribution >= 4 is 32.4 Å². The van der Waals surface area contributed by atoms with Crippen LogP contribution in [-0.4, -0.2) is 4.57 Å². The van der Waals surface area contributed by atoms with Crippen LogP contribution in [0, 0.1) is 6.92 Å². The lowest BCUT2D eigenvalue weighted by molar-refractivity contribution is 1.05. The molecule has 0 aliphatic rings. The first-order chi connectivity index (χ1) is 19.2. The number of aromatic nitrogens is 1. The zero-order valence-corrected chi connectivity index (χ0v) is 22.4. The van der Waals surface area contributed by atoms with E-state index in [1.807, 2.05) is 6.92 Å². The van der Waals surface area contributed by atoms with Gasteiger partial charge in [0.15, 0.2) is 0 Å². The molecule has 7 aromatic rings. The molecule has 1 nitrogen and oxygen atoms in total. The van der Waals surface area contributed by atoms with Gasteiger partial charge in [-0.25, -0.2) is 0 Å². The lowest BCUT2D eigenvalue weighted by Gasteiger charge is -2.18. The van der Waals surface area contributed by atoms with E-state index in [4.69, 9.17) is 0 Å². The van der Waals surface area contributed by atoms with Crippen molar-refractivity contribution in [1.82, 2.24) is 4.57 Å². The fraction of sp³-hybridized carbons (Fsp3) is 0.0526. The molecule has 39 heavy (non-hydrogen) atoms. The minimum Gasteiger partial charge on any atom is -0.314 e. The van der Waals surface area contributed by atoms with Gasteiger partial charge in [0.05, 0.1) is 5.52 Å². The molecule has 188 valence electrons. The number of allylic oxidation sites excluding steroid dienone is 1. The SMILES string of the molecule is C=CC.Cc1cc2ccccc2n1-c1ccc(-c2c3ccccc3c(-c3ccccc3)c3ccccc23)cc1. The van der Waals surface area contributed by atoms with Crippen LogP contribution in [0.15, 0.2) is 146 Å². The summed E-state index contributed by atoms with van der Waals surface area (Å²) in [4.78, 5) is 0. The van der Waals surface area contributed by atoms with Crippen LogP contribution < -0.4 is 0 Å². The lowest BCUT2D eigenvalue weighted by Crippen LogP contribution is -1.96. The van der Waals surface area contributed by atoms with E-state index in [0.717, 1.165) is 0 Å². The number of nitrogens with zero attached hydrogens (tertiary/aromatic N) is 1. The van der Waals surface area contributed by atoms with Crippen molar-refractivity contribution < 1.29 is 0 Å². The molecule has 0 fully saturated rings. The molecule has 0 saturated carbocycles. The number of fused-ring (bicyclic) bond motifs is 3. The van der Waals surface area contributed by atoms with E-state index >= 15 is 0 Å². The van der Waals surface area contributed by atoms with Gasteiger partial charge in [-0.2, -0.15) is 0 Å². The van der Waals surface area contributed by atoms with Crippen molar-refractivity contribution in [3.8, 4) is 27.9 Å². The molecule has 1 heteroatoms. The molecule has 1 aromatic heterocycles. The van der Waals surface area contributed by atoms with Crippen molar-refractivity contribution in [2.75, 3.05) is 0 Å². The molecule has 0 amide bonds. The maximum Gasteiger partial charge on any atom is 0.0531 e. The van der Waals surface area contributed by atoms with Crippen LogP contribution in [0.5, 0.6) is 0 Å². The first-order valence-corrected chi connectivity index (χ1v) is 13.4. The summed E-state index contributed by atoms with van der Waals surface area (Å²) in [7, 11) is 0. The van der Waals surface area contributed by atoms with E-state index in [9.17, 15) is 0 Å². The first-order valence-electron chi connectivity index (χ1n) is 13.4. The van der Waals surface area contributed by atoms with Gasteiger partial charge in [-0.3, -0.25) is 0 Å². The number of para-hydroxylation sites is 1. The van der Waals surface area contributed by atoms with E-state index in [0.29, 0.717) is 0 Å². The minimum atomic E-state index is 1.19. The summed E-state index contributed by atoms with van der Waals surface area (Å²) in [6.07, 6.45) is 1.75. The van der Waals surface area contributed by atoms with E-state index in [1.54, 1.807) is 6.08 Å². The van der Waals surface area contributed by atoms with Crippen LogP contribution >= 0.6 is 0 Å². The molecule has 0 unspecified atom stereocenters. The van der Waals surface area contributed by atoms with Gasteiger partial charge in [0, 0.05) is 16.8 Å². The summed E-state index contributed by atoms with van der Waals surface area (Å²) >= 11 is 0. The highest BCUT2D eigenvalue weighted by molar-refractivity contribution is 6.21. The highest BCUT2D eigenvalue weighted by Gasteiger charge is 2.16. The van der Waals surface area contributed by atoms with E-state index in [2.05, 4.69) is 152 Å². The fourth-order valence-electron chi connectivity index (χ4n) is 5.77. The second-order valence-corrected chi connectivity index (χ2v) is 9.84. The van der Waals surface area contributed by atoms with Crippen LogP contribution in [0.25, 0.3) is 60.4 Å². The predicted molar refractivity (Wildman–Crippen MR) is 170 cm³/mol. The van der Waals surface area contributed by atoms with Gasteiger partial charge in [-0.1, -0.05) is 115 Å². The van der Waals surface area contributed by atoms with Gasteiger partial charge in [-0.15, -0.1) is 6.58 Å². The summed E-state index contributed by atoms with van der Waals surface area (Å²) in [6, 6.07) is 48.3. The Morgan fingerprint density at radius 1 is 0.538 bits per heavy atom. The van der Waals surface area contributed by atoms with E-state index in [-0.39, 0.29) is 0 Å². The van der Waals surface area contributed by atoms with Gasteiger partial charge >= 0.3 is 0 Å². The van der Waals surface area contributed by atoms with E-state index in [1.165, 1.54) is 66.1 Å². The molecule has 0 N–H and O–H groups in total. The number of benzene rings is 6. The molecule has 1 heterocycles. The van der Waals surface area contributed by atoms with Gasteiger partial charge in [-0.05, 0) is 81.9 Å². The second kappa shape index (κ2) is 10.5. The van der Waals surface area contributed by atoms with Crippen LogP contribution in [0.1, 0.15) is 12.6 Å². The Kier molecular flexibility index (Phi) is 6.57. The Bertz CT molecular complexity index is 1870. The summed E-state index contributed by atoms with van der Waals surface area (Å²) in [5.41, 5.74) is 8.75. The van der Waals surface area contributed by atoms with Crippen LogP contribution in [0.4, 0.5) is 0 Å². The van der Waals surface area contributed by atoms with Crippen molar-refractivity contribution in [3.05, 3.63) is 152 Å². The maximum atomic E-state index is 3.36.